The summed E-state index contributed by atoms with van der Waals surface area (Å²) in [7, 11) is 0. The van der Waals surface area contributed by atoms with Crippen molar-refractivity contribution in [2.45, 2.75) is 60.5 Å². The van der Waals surface area contributed by atoms with Crippen LogP contribution in [-0.2, 0) is 36.8 Å². The summed E-state index contributed by atoms with van der Waals surface area (Å²) in [4.78, 5) is 51.1. The number of hydrogen-bond acceptors (Lipinski definition) is 8. The quantitative estimate of drug-likeness (QED) is 0.268. The number of esters is 1. The summed E-state index contributed by atoms with van der Waals surface area (Å²) in [6.07, 6.45) is -2.39. The zero-order valence-corrected chi connectivity index (χ0v) is 24.2. The molecule has 0 radical (unpaired) electrons. The predicted molar refractivity (Wildman–Crippen MR) is 143 cm³/mol. The lowest BCUT2D eigenvalue weighted by Crippen LogP contribution is -2.51. The predicted octanol–water partition coefficient (Wildman–Crippen LogP) is 4.88. The molecule has 0 aliphatic carbocycles. The standard InChI is InChI=1S/C26H36BrN3O8/c1-15(2)12-36-23(31)10-20-19-9-18(27)7-8-21(19)29(28-20)11-22(24(32)33)30(25(34)37-13-16(3)4)26(35)38-14-17(5)6/h7-9,15-17,22H,10-14H2,1-6H3,(H,32,33). The molecule has 1 N–H and O–H groups in total. The summed E-state index contributed by atoms with van der Waals surface area (Å²) in [6, 6.07) is 3.50. The summed E-state index contributed by atoms with van der Waals surface area (Å²) < 4.78 is 17.8. The normalized spacial score (nSPS) is 12.2. The molecule has 1 unspecified atom stereocenters. The number of ether oxygens (including phenoxy) is 3. The van der Waals surface area contributed by atoms with Crippen molar-refractivity contribution >= 4 is 51.0 Å². The van der Waals surface area contributed by atoms with E-state index in [-0.39, 0.29) is 44.0 Å². The number of rotatable bonds is 12. The fourth-order valence-corrected chi connectivity index (χ4v) is 3.67. The van der Waals surface area contributed by atoms with E-state index in [1.54, 1.807) is 18.2 Å². The van der Waals surface area contributed by atoms with Gasteiger partial charge in [-0.15, -0.1) is 0 Å². The van der Waals surface area contributed by atoms with Crippen LogP contribution in [0, 0.1) is 17.8 Å². The Morgan fingerprint density at radius 3 is 1.95 bits per heavy atom. The van der Waals surface area contributed by atoms with Crippen LogP contribution in [0.2, 0.25) is 0 Å². The van der Waals surface area contributed by atoms with Crippen molar-refractivity contribution in [2.75, 3.05) is 19.8 Å². The highest BCUT2D eigenvalue weighted by molar-refractivity contribution is 9.10. The Morgan fingerprint density at radius 1 is 0.921 bits per heavy atom. The van der Waals surface area contributed by atoms with Crippen molar-refractivity contribution in [3.8, 4) is 0 Å². The van der Waals surface area contributed by atoms with Gasteiger partial charge in [-0.2, -0.15) is 10.00 Å². The van der Waals surface area contributed by atoms with E-state index in [1.165, 1.54) is 4.68 Å². The lowest BCUT2D eigenvalue weighted by Gasteiger charge is -2.26. The zero-order chi connectivity index (χ0) is 28.6. The summed E-state index contributed by atoms with van der Waals surface area (Å²) in [5, 5.41) is 15.1. The molecule has 0 aliphatic heterocycles. The van der Waals surface area contributed by atoms with Gasteiger partial charge in [-0.1, -0.05) is 57.5 Å². The molecule has 0 spiro atoms. The Kier molecular flexibility index (Phi) is 11.6. The molecule has 1 heterocycles. The lowest BCUT2D eigenvalue weighted by molar-refractivity contribution is -0.144. The molecule has 0 saturated carbocycles. The molecule has 2 aromatic rings. The van der Waals surface area contributed by atoms with Crippen LogP contribution in [0.3, 0.4) is 0 Å². The van der Waals surface area contributed by atoms with Gasteiger partial charge in [0.15, 0.2) is 6.04 Å². The maximum Gasteiger partial charge on any atom is 0.420 e. The Morgan fingerprint density at radius 2 is 1.45 bits per heavy atom. The van der Waals surface area contributed by atoms with E-state index in [1.807, 2.05) is 41.5 Å². The number of carbonyl (C=O) groups is 4. The third kappa shape index (κ3) is 9.00. The number of aromatic nitrogens is 2. The molecule has 12 heteroatoms. The highest BCUT2D eigenvalue weighted by atomic mass is 79.9. The topological polar surface area (TPSA) is 137 Å². The molecule has 0 fully saturated rings. The summed E-state index contributed by atoms with van der Waals surface area (Å²) >= 11 is 3.41. The van der Waals surface area contributed by atoms with Crippen LogP contribution in [-0.4, -0.2) is 69.8 Å². The molecule has 1 aromatic carbocycles. The third-order valence-corrected chi connectivity index (χ3v) is 5.59. The van der Waals surface area contributed by atoms with Gasteiger partial charge in [-0.3, -0.25) is 9.48 Å². The summed E-state index contributed by atoms with van der Waals surface area (Å²) in [6.45, 7) is 10.9. The molecule has 1 atom stereocenters. The molecule has 2 rings (SSSR count). The first-order valence-electron chi connectivity index (χ1n) is 12.5. The smallest absolute Gasteiger partial charge is 0.420 e. The van der Waals surface area contributed by atoms with Gasteiger partial charge in [-0.25, -0.2) is 14.4 Å². The average Bonchev–Trinajstić information content (AvgIpc) is 3.15. The number of carboxylic acids is 1. The number of carboxylic acid groups (broad SMARTS) is 1. The van der Waals surface area contributed by atoms with Gasteiger partial charge in [0, 0.05) is 9.86 Å². The fourth-order valence-electron chi connectivity index (χ4n) is 3.31. The largest absolute Gasteiger partial charge is 0.480 e. The molecular weight excluding hydrogens is 562 g/mol. The van der Waals surface area contributed by atoms with Gasteiger partial charge in [-0.05, 0) is 36.0 Å². The Balaban J connectivity index is 2.45. The van der Waals surface area contributed by atoms with Gasteiger partial charge >= 0.3 is 24.1 Å². The number of nitrogens with zero attached hydrogens (tertiary/aromatic N) is 3. The molecule has 38 heavy (non-hydrogen) atoms. The lowest BCUT2D eigenvalue weighted by atomic mass is 10.1. The molecule has 0 saturated heterocycles. The molecule has 0 aliphatic rings. The van der Waals surface area contributed by atoms with E-state index in [2.05, 4.69) is 21.0 Å². The Labute approximate surface area is 230 Å². The number of halogens is 1. The molecule has 2 amide bonds. The molecular formula is C26H36BrN3O8. The monoisotopic (exact) mass is 597 g/mol. The van der Waals surface area contributed by atoms with Crippen LogP contribution in [0.15, 0.2) is 22.7 Å². The minimum absolute atomic E-state index is 0.0134. The fraction of sp³-hybridized carbons (Fsp3) is 0.577. The number of amides is 2. The van der Waals surface area contributed by atoms with E-state index >= 15 is 0 Å². The minimum Gasteiger partial charge on any atom is -0.480 e. The van der Waals surface area contributed by atoms with Crippen molar-refractivity contribution in [3.05, 3.63) is 28.4 Å². The maximum absolute atomic E-state index is 12.9. The SMILES string of the molecule is CC(C)COC(=O)Cc1nn(CC(C(=O)O)N(C(=O)OCC(C)C)C(=O)OCC(C)C)c2ccc(Br)cc12. The Hall–Kier alpha value is -3.15. The van der Waals surface area contributed by atoms with Crippen molar-refractivity contribution in [1.82, 2.24) is 14.7 Å². The van der Waals surface area contributed by atoms with Crippen molar-refractivity contribution in [2.24, 2.45) is 17.8 Å². The number of hydrogen-bond donors (Lipinski definition) is 1. The first-order chi connectivity index (χ1) is 17.8. The molecule has 0 bridgehead atoms. The van der Waals surface area contributed by atoms with E-state index in [9.17, 15) is 24.3 Å². The van der Waals surface area contributed by atoms with E-state index < -0.39 is 36.7 Å². The summed E-state index contributed by atoms with van der Waals surface area (Å²) in [5.74, 6) is -1.84. The van der Waals surface area contributed by atoms with Gasteiger partial charge in [0.2, 0.25) is 0 Å². The molecule has 11 nitrogen and oxygen atoms in total. The highest BCUT2D eigenvalue weighted by Gasteiger charge is 2.38. The van der Waals surface area contributed by atoms with Crippen molar-refractivity contribution < 1.29 is 38.5 Å². The summed E-state index contributed by atoms with van der Waals surface area (Å²) in [5.41, 5.74) is 0.882. The second-order valence-electron chi connectivity index (χ2n) is 10.2. The van der Waals surface area contributed by atoms with E-state index in [4.69, 9.17) is 14.2 Å². The van der Waals surface area contributed by atoms with Crippen LogP contribution in [0.1, 0.15) is 47.2 Å². The highest BCUT2D eigenvalue weighted by Crippen LogP contribution is 2.25. The zero-order valence-electron chi connectivity index (χ0n) is 22.6. The first kappa shape index (κ1) is 31.1. The van der Waals surface area contributed by atoms with Gasteiger partial charge in [0.1, 0.15) is 0 Å². The molecule has 1 aromatic heterocycles. The second-order valence-corrected chi connectivity index (χ2v) is 11.1. The van der Waals surface area contributed by atoms with Crippen LogP contribution in [0.4, 0.5) is 9.59 Å². The van der Waals surface area contributed by atoms with E-state index in [0.29, 0.717) is 21.5 Å². The number of fused-ring (bicyclic) bond motifs is 1. The average molecular weight is 598 g/mol. The first-order valence-corrected chi connectivity index (χ1v) is 13.3. The van der Waals surface area contributed by atoms with Crippen LogP contribution in [0.25, 0.3) is 10.9 Å². The maximum atomic E-state index is 12.9. The van der Waals surface area contributed by atoms with Crippen LogP contribution in [0.5, 0.6) is 0 Å². The number of benzene rings is 1. The third-order valence-electron chi connectivity index (χ3n) is 5.09. The number of aliphatic carboxylic acids is 1. The van der Waals surface area contributed by atoms with Crippen LogP contribution < -0.4 is 0 Å². The number of imide groups is 1. The number of carbonyl (C=O) groups excluding carboxylic acids is 3. The van der Waals surface area contributed by atoms with Gasteiger partial charge in [0.05, 0.1) is 44.0 Å². The van der Waals surface area contributed by atoms with Gasteiger partial charge < -0.3 is 19.3 Å². The second kappa shape index (κ2) is 14.1. The van der Waals surface area contributed by atoms with Crippen molar-refractivity contribution in [1.29, 1.82) is 0 Å². The molecule has 210 valence electrons. The minimum atomic E-state index is -1.69. The van der Waals surface area contributed by atoms with Crippen molar-refractivity contribution in [3.63, 3.8) is 0 Å². The van der Waals surface area contributed by atoms with Crippen LogP contribution >= 0.6 is 15.9 Å². The van der Waals surface area contributed by atoms with E-state index in [0.717, 1.165) is 4.47 Å². The van der Waals surface area contributed by atoms with Gasteiger partial charge in [0.25, 0.3) is 0 Å². The Bertz CT molecular complexity index is 1120.